The van der Waals surface area contributed by atoms with Crippen molar-refractivity contribution in [3.63, 3.8) is 0 Å². The Labute approximate surface area is 469 Å². The van der Waals surface area contributed by atoms with Crippen molar-refractivity contribution in [1.29, 1.82) is 0 Å². The van der Waals surface area contributed by atoms with Crippen LogP contribution in [-0.2, 0) is 28.6 Å². The van der Waals surface area contributed by atoms with Gasteiger partial charge in [-0.2, -0.15) is 0 Å². The average Bonchev–Trinajstić information content (AvgIpc) is 3.42. The fourth-order valence-corrected chi connectivity index (χ4v) is 8.45. The first kappa shape index (κ1) is 71.8. The third kappa shape index (κ3) is 60.7. The van der Waals surface area contributed by atoms with E-state index < -0.39 is 6.10 Å². The van der Waals surface area contributed by atoms with Gasteiger partial charge in [0.2, 0.25) is 0 Å². The molecule has 0 aromatic carbocycles. The molecule has 0 heterocycles. The lowest BCUT2D eigenvalue weighted by molar-refractivity contribution is -0.167. The zero-order valence-electron chi connectivity index (χ0n) is 49.5. The Kier molecular flexibility index (Phi) is 59.9. The van der Waals surface area contributed by atoms with Crippen molar-refractivity contribution in [2.45, 2.75) is 290 Å². The van der Waals surface area contributed by atoms with E-state index in [1.54, 1.807) is 0 Å². The zero-order chi connectivity index (χ0) is 55.0. The van der Waals surface area contributed by atoms with E-state index >= 15 is 0 Å². The largest absolute Gasteiger partial charge is 0.462 e. The third-order valence-corrected chi connectivity index (χ3v) is 13.2. The summed E-state index contributed by atoms with van der Waals surface area (Å²) in [6, 6.07) is 0. The van der Waals surface area contributed by atoms with Crippen LogP contribution in [-0.4, -0.2) is 37.2 Å². The van der Waals surface area contributed by atoms with Gasteiger partial charge in [0.05, 0.1) is 0 Å². The Morgan fingerprint density at radius 2 is 0.513 bits per heavy atom. The van der Waals surface area contributed by atoms with E-state index in [1.807, 2.05) is 0 Å². The average molecular weight is 1050 g/mol. The maximum atomic E-state index is 12.9. The van der Waals surface area contributed by atoms with Crippen LogP contribution in [0.3, 0.4) is 0 Å². The standard InChI is InChI=1S/C70H116O6/c1-4-7-10-13-16-19-22-25-27-29-30-31-32-33-34-35-36-37-38-39-40-42-43-45-48-51-54-57-60-63-69(72)75-66-67(65-74-68(71)62-59-56-53-50-47-24-21-18-15-12-9-6-3)76-70(73)64-61-58-55-52-49-46-44-41-28-26-23-20-17-14-11-8-5-2/h7,10,16,18-19,21,25-28,30-31,33-34,36-37,39-40,43,45,67H,4-6,8-9,11-15,17,20,22-24,29,32,35,38,41-42,44,46-66H2,1-3H3/b10-7-,19-16-,21-18-,27-25-,28-26-,31-30-,34-33-,37-36-,40-39-,45-43-. The van der Waals surface area contributed by atoms with E-state index in [9.17, 15) is 14.4 Å². The third-order valence-electron chi connectivity index (χ3n) is 13.2. The van der Waals surface area contributed by atoms with Crippen LogP contribution in [0.4, 0.5) is 0 Å². The van der Waals surface area contributed by atoms with E-state index in [-0.39, 0.29) is 31.1 Å². The SMILES string of the molecule is CC/C=C\C/C=C\C/C=C\C/C=C\C/C=C\C/C=C\C/C=C\C/C=C\CCCCCCC(=O)OCC(COC(=O)CCCCCCC/C=C\CCCCC)OC(=O)CCCCCCCCC/C=C\CCCCCCCC. The Morgan fingerprint density at radius 3 is 0.842 bits per heavy atom. The van der Waals surface area contributed by atoms with Gasteiger partial charge in [-0.05, 0) is 135 Å². The molecule has 432 valence electrons. The summed E-state index contributed by atoms with van der Waals surface area (Å²) in [7, 11) is 0. The van der Waals surface area contributed by atoms with Crippen molar-refractivity contribution in [2.75, 3.05) is 13.2 Å². The summed E-state index contributed by atoms with van der Waals surface area (Å²) in [5.41, 5.74) is 0. The van der Waals surface area contributed by atoms with Gasteiger partial charge in [0.15, 0.2) is 6.10 Å². The molecule has 0 N–H and O–H groups in total. The van der Waals surface area contributed by atoms with Gasteiger partial charge in [0.25, 0.3) is 0 Å². The molecular weight excluding hydrogens is 937 g/mol. The number of carbonyl (C=O) groups excluding carboxylic acids is 3. The molecule has 0 radical (unpaired) electrons. The van der Waals surface area contributed by atoms with Crippen molar-refractivity contribution in [3.8, 4) is 0 Å². The Bertz CT molecular complexity index is 1590. The Balaban J connectivity index is 4.37. The molecule has 0 aliphatic carbocycles. The van der Waals surface area contributed by atoms with Crippen molar-refractivity contribution >= 4 is 17.9 Å². The molecule has 0 aliphatic heterocycles. The molecule has 0 aromatic rings. The molecule has 0 fully saturated rings. The summed E-state index contributed by atoms with van der Waals surface area (Å²) in [5, 5.41) is 0. The Hall–Kier alpha value is -4.19. The molecule has 6 nitrogen and oxygen atoms in total. The summed E-state index contributed by atoms with van der Waals surface area (Å²) >= 11 is 0. The monoisotopic (exact) mass is 1050 g/mol. The quantitative estimate of drug-likeness (QED) is 0.0261. The van der Waals surface area contributed by atoms with Crippen LogP contribution in [0.1, 0.15) is 284 Å². The predicted molar refractivity (Wildman–Crippen MR) is 330 cm³/mol. The van der Waals surface area contributed by atoms with Crippen LogP contribution in [0.15, 0.2) is 122 Å². The summed E-state index contributed by atoms with van der Waals surface area (Å²) in [6.07, 6.45) is 87.7. The van der Waals surface area contributed by atoms with E-state index in [2.05, 4.69) is 142 Å². The topological polar surface area (TPSA) is 78.9 Å². The summed E-state index contributed by atoms with van der Waals surface area (Å²) in [4.78, 5) is 38.2. The normalized spacial score (nSPS) is 12.9. The van der Waals surface area contributed by atoms with E-state index in [0.717, 1.165) is 135 Å². The summed E-state index contributed by atoms with van der Waals surface area (Å²) in [5.74, 6) is -0.930. The lowest BCUT2D eigenvalue weighted by Gasteiger charge is -2.18. The fraction of sp³-hybridized carbons (Fsp3) is 0.671. The zero-order valence-corrected chi connectivity index (χ0v) is 49.5. The number of carbonyl (C=O) groups is 3. The lowest BCUT2D eigenvalue weighted by Crippen LogP contribution is -2.30. The summed E-state index contributed by atoms with van der Waals surface area (Å²) < 4.78 is 16.9. The van der Waals surface area contributed by atoms with Gasteiger partial charge in [-0.3, -0.25) is 14.4 Å². The number of rotatable bonds is 56. The van der Waals surface area contributed by atoms with Crippen LogP contribution in [0.25, 0.3) is 0 Å². The number of esters is 3. The van der Waals surface area contributed by atoms with Gasteiger partial charge >= 0.3 is 17.9 Å². The number of unbranched alkanes of at least 4 members (excludes halogenated alkanes) is 25. The number of hydrogen-bond donors (Lipinski definition) is 0. The molecule has 0 saturated carbocycles. The Morgan fingerprint density at radius 1 is 0.276 bits per heavy atom. The second-order valence-corrected chi connectivity index (χ2v) is 20.6. The van der Waals surface area contributed by atoms with Gasteiger partial charge in [-0.25, -0.2) is 0 Å². The fourth-order valence-electron chi connectivity index (χ4n) is 8.45. The first-order chi connectivity index (χ1) is 37.5. The molecule has 1 unspecified atom stereocenters. The van der Waals surface area contributed by atoms with Gasteiger partial charge in [0, 0.05) is 19.3 Å². The number of allylic oxidation sites excluding steroid dienone is 20. The van der Waals surface area contributed by atoms with E-state index in [0.29, 0.717) is 19.3 Å². The van der Waals surface area contributed by atoms with Crippen LogP contribution in [0.5, 0.6) is 0 Å². The van der Waals surface area contributed by atoms with Gasteiger partial charge in [-0.15, -0.1) is 0 Å². The summed E-state index contributed by atoms with van der Waals surface area (Å²) in [6.45, 7) is 6.47. The van der Waals surface area contributed by atoms with Gasteiger partial charge < -0.3 is 14.2 Å². The minimum absolute atomic E-state index is 0.0938. The second kappa shape index (κ2) is 63.3. The van der Waals surface area contributed by atoms with Crippen molar-refractivity contribution in [2.24, 2.45) is 0 Å². The first-order valence-corrected chi connectivity index (χ1v) is 31.5. The second-order valence-electron chi connectivity index (χ2n) is 20.6. The first-order valence-electron chi connectivity index (χ1n) is 31.5. The van der Waals surface area contributed by atoms with Gasteiger partial charge in [-0.1, -0.05) is 251 Å². The van der Waals surface area contributed by atoms with Crippen LogP contribution < -0.4 is 0 Å². The van der Waals surface area contributed by atoms with Crippen molar-refractivity contribution in [3.05, 3.63) is 122 Å². The maximum absolute atomic E-state index is 12.9. The molecule has 0 saturated heterocycles. The molecule has 0 amide bonds. The minimum Gasteiger partial charge on any atom is -0.462 e. The molecule has 0 aromatic heterocycles. The molecule has 0 rings (SSSR count). The predicted octanol–water partition coefficient (Wildman–Crippen LogP) is 21.6. The molecule has 76 heavy (non-hydrogen) atoms. The molecule has 0 aliphatic rings. The van der Waals surface area contributed by atoms with E-state index in [4.69, 9.17) is 14.2 Å². The molecule has 1 atom stereocenters. The highest BCUT2D eigenvalue weighted by molar-refractivity contribution is 5.71. The highest BCUT2D eigenvalue weighted by Gasteiger charge is 2.19. The molecule has 0 bridgehead atoms. The van der Waals surface area contributed by atoms with Crippen LogP contribution in [0.2, 0.25) is 0 Å². The van der Waals surface area contributed by atoms with E-state index in [1.165, 1.54) is 109 Å². The molecule has 0 spiro atoms. The smallest absolute Gasteiger partial charge is 0.306 e. The minimum atomic E-state index is -0.798. The van der Waals surface area contributed by atoms with Crippen LogP contribution in [0, 0.1) is 0 Å². The molecule has 6 heteroatoms. The van der Waals surface area contributed by atoms with Gasteiger partial charge in [0.1, 0.15) is 13.2 Å². The highest BCUT2D eigenvalue weighted by Crippen LogP contribution is 2.15. The highest BCUT2D eigenvalue weighted by atomic mass is 16.6. The lowest BCUT2D eigenvalue weighted by atomic mass is 10.1. The van der Waals surface area contributed by atoms with Crippen molar-refractivity contribution in [1.82, 2.24) is 0 Å². The number of ether oxygens (including phenoxy) is 3. The number of hydrogen-bond acceptors (Lipinski definition) is 6. The van der Waals surface area contributed by atoms with Crippen LogP contribution >= 0.6 is 0 Å². The molecular formula is C70H116O6. The maximum Gasteiger partial charge on any atom is 0.306 e. The van der Waals surface area contributed by atoms with Crippen molar-refractivity contribution < 1.29 is 28.6 Å².